The molecule has 29 heavy (non-hydrogen) atoms. The summed E-state index contributed by atoms with van der Waals surface area (Å²) in [4.78, 5) is 12.1. The average Bonchev–Trinajstić information content (AvgIpc) is 3.54. The first-order valence-electron chi connectivity index (χ1n) is 9.69. The Balaban J connectivity index is 1.42. The fourth-order valence-electron chi connectivity index (χ4n) is 2.95. The second-order valence-corrected chi connectivity index (χ2v) is 7.05. The minimum atomic E-state index is -0.815. The van der Waals surface area contributed by atoms with Crippen LogP contribution < -0.4 is 10.1 Å². The van der Waals surface area contributed by atoms with Crippen LogP contribution in [0.3, 0.4) is 0 Å². The Morgan fingerprint density at radius 3 is 2.69 bits per heavy atom. The number of nitrogens with one attached hydrogen (secondary N) is 1. The van der Waals surface area contributed by atoms with E-state index < -0.39 is 11.8 Å². The molecule has 0 saturated heterocycles. The maximum absolute atomic E-state index is 12.1. The van der Waals surface area contributed by atoms with Crippen molar-refractivity contribution in [2.24, 2.45) is 10.2 Å². The van der Waals surface area contributed by atoms with Gasteiger partial charge < -0.3 is 15.2 Å². The van der Waals surface area contributed by atoms with E-state index in [2.05, 4.69) is 21.5 Å². The number of aliphatic hydroxyl groups excluding tert-OH is 1. The van der Waals surface area contributed by atoms with E-state index in [1.807, 2.05) is 48.5 Å². The minimum absolute atomic E-state index is 0.132. The number of hydrogen-bond donors (Lipinski definition) is 2. The van der Waals surface area contributed by atoms with Crippen LogP contribution in [-0.2, 0) is 11.4 Å². The van der Waals surface area contributed by atoms with E-state index in [9.17, 15) is 9.90 Å². The fraction of sp³-hybridized carbons (Fsp3) is 0.348. The summed E-state index contributed by atoms with van der Waals surface area (Å²) < 4.78 is 5.79. The van der Waals surface area contributed by atoms with Crippen LogP contribution >= 0.6 is 0 Å². The van der Waals surface area contributed by atoms with E-state index in [-0.39, 0.29) is 12.5 Å². The highest BCUT2D eigenvalue weighted by atomic mass is 16.5. The lowest BCUT2D eigenvalue weighted by molar-refractivity contribution is -0.121. The van der Waals surface area contributed by atoms with E-state index in [4.69, 9.17) is 11.2 Å². The Morgan fingerprint density at radius 1 is 1.17 bits per heavy atom. The molecule has 0 aliphatic carbocycles. The van der Waals surface area contributed by atoms with Gasteiger partial charge in [0, 0.05) is 32.2 Å². The molecule has 0 saturated carbocycles. The van der Waals surface area contributed by atoms with Crippen LogP contribution in [0.4, 0.5) is 0 Å². The number of carbonyl (C=O) groups is 1. The summed E-state index contributed by atoms with van der Waals surface area (Å²) in [6, 6.07) is 17.1. The van der Waals surface area contributed by atoms with Crippen LogP contribution in [0.15, 0.2) is 64.8 Å². The first-order valence-corrected chi connectivity index (χ1v) is 9.69. The summed E-state index contributed by atoms with van der Waals surface area (Å²) in [6.45, 7) is 0.585. The first kappa shape index (κ1) is 20.6. The van der Waals surface area contributed by atoms with Crippen LogP contribution in [0.5, 0.6) is 5.75 Å². The Labute approximate surface area is 171 Å². The van der Waals surface area contributed by atoms with Gasteiger partial charge in [-0.25, -0.2) is 0 Å². The minimum Gasteiger partial charge on any atom is -0.489 e. The van der Waals surface area contributed by atoms with Crippen molar-refractivity contribution in [1.29, 1.82) is 0 Å². The number of terminal acetylenes is 1. The van der Waals surface area contributed by atoms with Crippen molar-refractivity contribution in [1.82, 2.24) is 5.32 Å². The molecule has 150 valence electrons. The standard InChI is InChI=1S/C23H25N3O3/c1-2-3-13-23(25-26-23)14-12-22(28)24-16-21(27)19-10-7-11-20(15-19)29-17-18-8-5-4-6-9-18/h1,4-11,15,21,27H,3,12-14,16-17H2,(H,24,28). The lowest BCUT2D eigenvalue weighted by Gasteiger charge is -2.14. The quantitative estimate of drug-likeness (QED) is 0.572. The molecule has 2 N–H and O–H groups in total. The number of ether oxygens (including phenoxy) is 1. The smallest absolute Gasteiger partial charge is 0.220 e. The van der Waals surface area contributed by atoms with Gasteiger partial charge in [0.2, 0.25) is 5.91 Å². The predicted molar refractivity (Wildman–Crippen MR) is 110 cm³/mol. The Bertz CT molecular complexity index is 884. The van der Waals surface area contributed by atoms with Crippen LogP contribution in [-0.4, -0.2) is 23.2 Å². The van der Waals surface area contributed by atoms with Gasteiger partial charge in [-0.05, 0) is 23.3 Å². The van der Waals surface area contributed by atoms with Gasteiger partial charge in [0.15, 0.2) is 5.66 Å². The molecule has 1 heterocycles. The SMILES string of the molecule is C#CCCC1(CCC(=O)NCC(O)c2cccc(OCc3ccccc3)c2)N=N1. The zero-order valence-corrected chi connectivity index (χ0v) is 16.3. The summed E-state index contributed by atoms with van der Waals surface area (Å²) in [5.74, 6) is 3.10. The van der Waals surface area contributed by atoms with Crippen molar-refractivity contribution >= 4 is 5.91 Å². The normalized spacial score (nSPS) is 14.6. The van der Waals surface area contributed by atoms with Gasteiger partial charge in [-0.2, -0.15) is 10.2 Å². The molecule has 1 aliphatic heterocycles. The van der Waals surface area contributed by atoms with Crippen molar-refractivity contribution in [3.05, 3.63) is 65.7 Å². The third kappa shape index (κ3) is 6.44. The average molecular weight is 391 g/mol. The number of rotatable bonds is 11. The van der Waals surface area contributed by atoms with Gasteiger partial charge in [-0.1, -0.05) is 42.5 Å². The van der Waals surface area contributed by atoms with Gasteiger partial charge in [0.1, 0.15) is 12.4 Å². The number of aliphatic hydroxyl groups is 1. The largest absolute Gasteiger partial charge is 0.489 e. The first-order chi connectivity index (χ1) is 14.1. The molecule has 0 bridgehead atoms. The molecule has 0 aromatic heterocycles. The number of amides is 1. The van der Waals surface area contributed by atoms with Gasteiger partial charge in [-0.3, -0.25) is 4.79 Å². The Hall–Kier alpha value is -3.17. The molecule has 1 atom stereocenters. The van der Waals surface area contributed by atoms with Crippen LogP contribution in [0.2, 0.25) is 0 Å². The topological polar surface area (TPSA) is 83.3 Å². The lowest BCUT2D eigenvalue weighted by atomic mass is 10.0. The fourth-order valence-corrected chi connectivity index (χ4v) is 2.95. The molecule has 0 fully saturated rings. The summed E-state index contributed by atoms with van der Waals surface area (Å²) in [7, 11) is 0. The van der Waals surface area contributed by atoms with Gasteiger partial charge in [0.25, 0.3) is 0 Å². The molecule has 1 unspecified atom stereocenters. The van der Waals surface area contributed by atoms with Crippen molar-refractivity contribution in [2.45, 2.75) is 44.1 Å². The number of hydrogen-bond acceptors (Lipinski definition) is 5. The van der Waals surface area contributed by atoms with Gasteiger partial charge in [0.05, 0.1) is 6.10 Å². The van der Waals surface area contributed by atoms with E-state index >= 15 is 0 Å². The zero-order chi connectivity index (χ0) is 20.5. The Morgan fingerprint density at radius 2 is 1.97 bits per heavy atom. The van der Waals surface area contributed by atoms with Crippen LogP contribution in [0.1, 0.15) is 42.9 Å². The molecule has 3 rings (SSSR count). The molecule has 1 aliphatic rings. The predicted octanol–water partition coefficient (Wildman–Crippen LogP) is 3.77. The van der Waals surface area contributed by atoms with Crippen LogP contribution in [0.25, 0.3) is 0 Å². The van der Waals surface area contributed by atoms with Crippen molar-refractivity contribution in [3.8, 4) is 18.1 Å². The highest BCUT2D eigenvalue weighted by molar-refractivity contribution is 5.76. The lowest BCUT2D eigenvalue weighted by Crippen LogP contribution is -2.29. The zero-order valence-electron chi connectivity index (χ0n) is 16.3. The molecular weight excluding hydrogens is 366 g/mol. The number of benzene rings is 2. The second-order valence-electron chi connectivity index (χ2n) is 7.05. The molecule has 2 aromatic rings. The summed E-state index contributed by atoms with van der Waals surface area (Å²) in [6.07, 6.45) is 6.56. The van der Waals surface area contributed by atoms with E-state index in [1.165, 1.54) is 0 Å². The van der Waals surface area contributed by atoms with Crippen molar-refractivity contribution < 1.29 is 14.6 Å². The van der Waals surface area contributed by atoms with Gasteiger partial charge >= 0.3 is 0 Å². The molecule has 6 heteroatoms. The van der Waals surface area contributed by atoms with Gasteiger partial charge in [-0.15, -0.1) is 12.3 Å². The monoisotopic (exact) mass is 391 g/mol. The maximum atomic E-state index is 12.1. The van der Waals surface area contributed by atoms with E-state index in [0.717, 1.165) is 5.56 Å². The second kappa shape index (κ2) is 9.85. The highest BCUT2D eigenvalue weighted by Gasteiger charge is 2.39. The summed E-state index contributed by atoms with van der Waals surface area (Å²) in [5.41, 5.74) is 1.29. The molecular formula is C23H25N3O3. The van der Waals surface area contributed by atoms with E-state index in [0.29, 0.717) is 43.6 Å². The number of carbonyl (C=O) groups excluding carboxylic acids is 1. The molecule has 0 spiro atoms. The molecule has 6 nitrogen and oxygen atoms in total. The number of nitrogens with zero attached hydrogens (tertiary/aromatic N) is 2. The molecule has 2 aromatic carbocycles. The Kier molecular flexibility index (Phi) is 6.99. The third-order valence-electron chi connectivity index (χ3n) is 4.79. The van der Waals surface area contributed by atoms with Crippen molar-refractivity contribution in [3.63, 3.8) is 0 Å². The van der Waals surface area contributed by atoms with Crippen LogP contribution in [0, 0.1) is 12.3 Å². The molecule has 0 radical (unpaired) electrons. The van der Waals surface area contributed by atoms with Crippen molar-refractivity contribution in [2.75, 3.05) is 6.54 Å². The molecule has 1 amide bonds. The summed E-state index contributed by atoms with van der Waals surface area (Å²) >= 11 is 0. The summed E-state index contributed by atoms with van der Waals surface area (Å²) in [5, 5.41) is 21.2. The highest BCUT2D eigenvalue weighted by Crippen LogP contribution is 2.37. The third-order valence-corrected chi connectivity index (χ3v) is 4.79. The maximum Gasteiger partial charge on any atom is 0.220 e. The van der Waals surface area contributed by atoms with E-state index in [1.54, 1.807) is 6.07 Å².